The van der Waals surface area contributed by atoms with Gasteiger partial charge in [-0.15, -0.1) is 0 Å². The third kappa shape index (κ3) is 1.84. The standard InChI is InChI=1S/C12H14N2/c1-2-3-4-9-12-13-10-7-5-6-8-11(10)14-12/h2-3,5-8H,4,9H2,1H3,(H,13,14)/b3-2+. The quantitative estimate of drug-likeness (QED) is 0.733. The second-order valence-electron chi connectivity index (χ2n) is 3.31. The summed E-state index contributed by atoms with van der Waals surface area (Å²) in [7, 11) is 0. The molecule has 1 N–H and O–H groups in total. The van der Waals surface area contributed by atoms with E-state index in [4.69, 9.17) is 0 Å². The van der Waals surface area contributed by atoms with E-state index in [0.717, 1.165) is 29.7 Å². The van der Waals surface area contributed by atoms with Gasteiger partial charge in [-0.3, -0.25) is 0 Å². The van der Waals surface area contributed by atoms with Gasteiger partial charge in [0, 0.05) is 6.42 Å². The average molecular weight is 186 g/mol. The number of nitrogens with zero attached hydrogens (tertiary/aromatic N) is 1. The van der Waals surface area contributed by atoms with Gasteiger partial charge in [0.1, 0.15) is 5.82 Å². The molecule has 2 nitrogen and oxygen atoms in total. The van der Waals surface area contributed by atoms with Crippen LogP contribution in [0.25, 0.3) is 11.0 Å². The molecule has 2 aromatic rings. The van der Waals surface area contributed by atoms with Gasteiger partial charge in [-0.1, -0.05) is 24.3 Å². The highest BCUT2D eigenvalue weighted by molar-refractivity contribution is 5.74. The number of allylic oxidation sites excluding steroid dienone is 2. The van der Waals surface area contributed by atoms with Crippen LogP contribution in [0.5, 0.6) is 0 Å². The Labute approximate surface area is 83.7 Å². The number of aromatic amines is 1. The molecule has 0 amide bonds. The molecule has 14 heavy (non-hydrogen) atoms. The van der Waals surface area contributed by atoms with Crippen LogP contribution in [0.1, 0.15) is 19.2 Å². The number of H-pyrrole nitrogens is 1. The molecule has 1 aromatic carbocycles. The fourth-order valence-corrected chi connectivity index (χ4v) is 1.51. The molecule has 2 rings (SSSR count). The molecular weight excluding hydrogens is 172 g/mol. The van der Waals surface area contributed by atoms with E-state index in [0.29, 0.717) is 0 Å². The van der Waals surface area contributed by atoms with Crippen molar-refractivity contribution in [3.63, 3.8) is 0 Å². The first-order valence-corrected chi connectivity index (χ1v) is 4.95. The van der Waals surface area contributed by atoms with Gasteiger partial charge in [0.15, 0.2) is 0 Å². The Hall–Kier alpha value is -1.57. The number of hydrogen-bond donors (Lipinski definition) is 1. The first kappa shape index (κ1) is 9.00. The van der Waals surface area contributed by atoms with E-state index in [1.54, 1.807) is 0 Å². The third-order valence-electron chi connectivity index (χ3n) is 2.22. The fourth-order valence-electron chi connectivity index (χ4n) is 1.51. The normalized spacial score (nSPS) is 11.5. The number of nitrogens with one attached hydrogen (secondary N) is 1. The van der Waals surface area contributed by atoms with Gasteiger partial charge in [-0.2, -0.15) is 0 Å². The molecule has 72 valence electrons. The van der Waals surface area contributed by atoms with E-state index in [2.05, 4.69) is 28.2 Å². The third-order valence-corrected chi connectivity index (χ3v) is 2.22. The van der Waals surface area contributed by atoms with Crippen LogP contribution < -0.4 is 0 Å². The summed E-state index contributed by atoms with van der Waals surface area (Å²) in [6, 6.07) is 8.13. The summed E-state index contributed by atoms with van der Waals surface area (Å²) in [4.78, 5) is 7.80. The van der Waals surface area contributed by atoms with Crippen molar-refractivity contribution >= 4 is 11.0 Å². The molecule has 0 saturated heterocycles. The Morgan fingerprint density at radius 1 is 1.36 bits per heavy atom. The number of aromatic nitrogens is 2. The lowest BCUT2D eigenvalue weighted by Gasteiger charge is -1.89. The number of rotatable bonds is 3. The molecule has 1 heterocycles. The molecule has 0 aliphatic rings. The molecule has 0 aliphatic heterocycles. The van der Waals surface area contributed by atoms with Gasteiger partial charge >= 0.3 is 0 Å². The van der Waals surface area contributed by atoms with Gasteiger partial charge in [-0.05, 0) is 25.5 Å². The minimum atomic E-state index is 0.985. The van der Waals surface area contributed by atoms with Gasteiger partial charge in [0.25, 0.3) is 0 Å². The number of fused-ring (bicyclic) bond motifs is 1. The van der Waals surface area contributed by atoms with Crippen molar-refractivity contribution < 1.29 is 0 Å². The predicted octanol–water partition coefficient (Wildman–Crippen LogP) is 3.07. The molecule has 0 fully saturated rings. The lowest BCUT2D eigenvalue weighted by molar-refractivity contribution is 0.915. The van der Waals surface area contributed by atoms with E-state index in [1.807, 2.05) is 25.1 Å². The molecule has 0 atom stereocenters. The summed E-state index contributed by atoms with van der Waals surface area (Å²) < 4.78 is 0. The number of para-hydroxylation sites is 2. The highest BCUT2D eigenvalue weighted by Crippen LogP contribution is 2.11. The molecule has 0 unspecified atom stereocenters. The highest BCUT2D eigenvalue weighted by Gasteiger charge is 1.99. The maximum absolute atomic E-state index is 4.50. The van der Waals surface area contributed by atoms with Crippen LogP contribution in [0.15, 0.2) is 36.4 Å². The highest BCUT2D eigenvalue weighted by atomic mass is 14.9. The Kier molecular flexibility index (Phi) is 2.63. The van der Waals surface area contributed by atoms with E-state index in [9.17, 15) is 0 Å². The molecule has 1 aromatic heterocycles. The average Bonchev–Trinajstić information content (AvgIpc) is 2.60. The lowest BCUT2D eigenvalue weighted by Crippen LogP contribution is -1.85. The van der Waals surface area contributed by atoms with Gasteiger partial charge in [0.05, 0.1) is 11.0 Å². The van der Waals surface area contributed by atoms with Crippen molar-refractivity contribution in [1.29, 1.82) is 0 Å². The summed E-state index contributed by atoms with van der Waals surface area (Å²) in [5.74, 6) is 1.07. The van der Waals surface area contributed by atoms with E-state index in [-0.39, 0.29) is 0 Å². The zero-order chi connectivity index (χ0) is 9.80. The predicted molar refractivity (Wildman–Crippen MR) is 59.2 cm³/mol. The zero-order valence-corrected chi connectivity index (χ0v) is 8.33. The molecule has 0 radical (unpaired) electrons. The summed E-state index contributed by atoms with van der Waals surface area (Å²) in [5.41, 5.74) is 2.19. The second kappa shape index (κ2) is 4.09. The monoisotopic (exact) mass is 186 g/mol. The van der Waals surface area contributed by atoms with Crippen LogP contribution in [0.3, 0.4) is 0 Å². The van der Waals surface area contributed by atoms with E-state index in [1.165, 1.54) is 0 Å². The van der Waals surface area contributed by atoms with Crippen molar-refractivity contribution in [2.24, 2.45) is 0 Å². The molecule has 0 bridgehead atoms. The first-order valence-electron chi connectivity index (χ1n) is 4.95. The maximum atomic E-state index is 4.50. The second-order valence-corrected chi connectivity index (χ2v) is 3.31. The zero-order valence-electron chi connectivity index (χ0n) is 8.33. The number of hydrogen-bond acceptors (Lipinski definition) is 1. The summed E-state index contributed by atoms with van der Waals surface area (Å²) in [5, 5.41) is 0. The minimum absolute atomic E-state index is 0.985. The van der Waals surface area contributed by atoms with Crippen LogP contribution in [0.2, 0.25) is 0 Å². The van der Waals surface area contributed by atoms with Crippen molar-refractivity contribution in [3.05, 3.63) is 42.2 Å². The van der Waals surface area contributed by atoms with Gasteiger partial charge in [0.2, 0.25) is 0 Å². The summed E-state index contributed by atoms with van der Waals surface area (Å²) in [6.45, 7) is 2.04. The number of aryl methyl sites for hydroxylation is 1. The van der Waals surface area contributed by atoms with Crippen LogP contribution in [0.4, 0.5) is 0 Å². The molecule has 2 heteroatoms. The molecule has 0 spiro atoms. The first-order chi connectivity index (χ1) is 6.90. The Bertz CT molecular complexity index is 407. The summed E-state index contributed by atoms with van der Waals surface area (Å²) in [6.07, 6.45) is 6.27. The van der Waals surface area contributed by atoms with Gasteiger partial charge in [-0.25, -0.2) is 4.98 Å². The number of benzene rings is 1. The molecule has 0 saturated carbocycles. The smallest absolute Gasteiger partial charge is 0.107 e. The SMILES string of the molecule is C/C=C/CCc1nc2ccccc2[nH]1. The van der Waals surface area contributed by atoms with Gasteiger partial charge < -0.3 is 4.98 Å². The topological polar surface area (TPSA) is 28.7 Å². The minimum Gasteiger partial charge on any atom is -0.342 e. The lowest BCUT2D eigenvalue weighted by atomic mass is 10.3. The summed E-state index contributed by atoms with van der Waals surface area (Å²) >= 11 is 0. The van der Waals surface area contributed by atoms with Crippen LogP contribution >= 0.6 is 0 Å². The van der Waals surface area contributed by atoms with Crippen LogP contribution in [-0.2, 0) is 6.42 Å². The van der Waals surface area contributed by atoms with Crippen molar-refractivity contribution in [1.82, 2.24) is 9.97 Å². The number of imidazole rings is 1. The molecule has 0 aliphatic carbocycles. The Balaban J connectivity index is 2.18. The Morgan fingerprint density at radius 3 is 3.00 bits per heavy atom. The van der Waals surface area contributed by atoms with E-state index < -0.39 is 0 Å². The fraction of sp³-hybridized carbons (Fsp3) is 0.250. The van der Waals surface area contributed by atoms with Crippen LogP contribution in [-0.4, -0.2) is 9.97 Å². The van der Waals surface area contributed by atoms with Crippen molar-refractivity contribution in [2.45, 2.75) is 19.8 Å². The van der Waals surface area contributed by atoms with Crippen LogP contribution in [0, 0.1) is 0 Å². The Morgan fingerprint density at radius 2 is 2.21 bits per heavy atom. The largest absolute Gasteiger partial charge is 0.342 e. The maximum Gasteiger partial charge on any atom is 0.107 e. The van der Waals surface area contributed by atoms with E-state index >= 15 is 0 Å². The van der Waals surface area contributed by atoms with Crippen molar-refractivity contribution in [2.75, 3.05) is 0 Å². The molecular formula is C12H14N2. The van der Waals surface area contributed by atoms with Crippen molar-refractivity contribution in [3.8, 4) is 0 Å².